The van der Waals surface area contributed by atoms with Crippen LogP contribution in [0.1, 0.15) is 6.42 Å². The van der Waals surface area contributed by atoms with Gasteiger partial charge in [-0.1, -0.05) is 24.3 Å². The van der Waals surface area contributed by atoms with Gasteiger partial charge in [0.15, 0.2) is 0 Å². The monoisotopic (exact) mass is 198 g/mol. The van der Waals surface area contributed by atoms with Gasteiger partial charge in [-0.05, 0) is 6.42 Å². The topological polar surface area (TPSA) is 0 Å². The number of hydrogen-bond donors (Lipinski definition) is 0. The van der Waals surface area contributed by atoms with Crippen molar-refractivity contribution >= 4 is 0 Å². The van der Waals surface area contributed by atoms with Gasteiger partial charge in [0, 0.05) is 0 Å². The van der Waals surface area contributed by atoms with E-state index >= 15 is 0 Å². The van der Waals surface area contributed by atoms with Gasteiger partial charge in [-0.15, -0.1) is 0 Å². The molecule has 1 aliphatic rings. The zero-order chi connectivity index (χ0) is 3.54. The Kier molecular flexibility index (Phi) is 19.9. The number of allylic oxidation sites excluding steroid dienone is 4. The number of hydrogen-bond acceptors (Lipinski definition) is 0. The molecule has 0 aliphatic heterocycles. The summed E-state index contributed by atoms with van der Waals surface area (Å²) in [7, 11) is 0. The van der Waals surface area contributed by atoms with Gasteiger partial charge >= 0.3 is 19.5 Å². The largest absolute Gasteiger partial charge is 2.00 e. The van der Waals surface area contributed by atoms with E-state index in [0.29, 0.717) is 0 Å². The summed E-state index contributed by atoms with van der Waals surface area (Å²) in [4.78, 5) is 0. The molecule has 0 saturated heterocycles. The molecule has 0 aromatic carbocycles. The third-order valence-corrected chi connectivity index (χ3v) is 0.655. The van der Waals surface area contributed by atoms with Crippen molar-refractivity contribution in [1.82, 2.24) is 0 Å². The van der Waals surface area contributed by atoms with Crippen molar-refractivity contribution in [2.24, 2.45) is 0 Å². The fourth-order valence-electron chi connectivity index (χ4n) is 0.393. The summed E-state index contributed by atoms with van der Waals surface area (Å²) in [6.45, 7) is 0. The third kappa shape index (κ3) is 6.10. The molecule has 0 aromatic heterocycles. The van der Waals surface area contributed by atoms with Gasteiger partial charge in [0.05, 0.1) is 0 Å². The van der Waals surface area contributed by atoms with Crippen LogP contribution in [0.2, 0.25) is 0 Å². The van der Waals surface area contributed by atoms with Crippen LogP contribution in [0.5, 0.6) is 0 Å². The van der Waals surface area contributed by atoms with Crippen LogP contribution in [-0.4, -0.2) is 0 Å². The van der Waals surface area contributed by atoms with Crippen LogP contribution in [0.15, 0.2) is 24.3 Å². The Bertz CT molecular complexity index is 62.5. The molecule has 0 unspecified atom stereocenters. The molecule has 0 amide bonds. The standard InChI is InChI=1S/C5H6.2CH3.Ru/c1-2-4-5-3-1;;;/h1-4H,5H2;2*1H3;/q;2*-1;+2. The van der Waals surface area contributed by atoms with Gasteiger partial charge in [-0.2, -0.15) is 0 Å². The zero-order valence-electron chi connectivity index (χ0n) is 5.37. The van der Waals surface area contributed by atoms with Crippen LogP contribution in [0, 0.1) is 14.9 Å². The normalized spacial score (nSPS) is 11.0. The maximum Gasteiger partial charge on any atom is 2.00 e. The van der Waals surface area contributed by atoms with Crippen LogP contribution in [0.25, 0.3) is 0 Å². The minimum Gasteiger partial charge on any atom is -0.358 e. The van der Waals surface area contributed by atoms with E-state index in [1.165, 1.54) is 0 Å². The Morgan fingerprint density at radius 3 is 1.38 bits per heavy atom. The minimum absolute atomic E-state index is 0. The van der Waals surface area contributed by atoms with Gasteiger partial charge in [-0.3, -0.25) is 0 Å². The third-order valence-electron chi connectivity index (χ3n) is 0.655. The molecule has 8 heavy (non-hydrogen) atoms. The Balaban J connectivity index is -0.0000000833. The summed E-state index contributed by atoms with van der Waals surface area (Å²) in [6, 6.07) is 0. The van der Waals surface area contributed by atoms with E-state index in [4.69, 9.17) is 0 Å². The van der Waals surface area contributed by atoms with Gasteiger partial charge in [0.2, 0.25) is 0 Å². The van der Waals surface area contributed by atoms with Crippen LogP contribution in [-0.2, 0) is 19.5 Å². The first-order valence-corrected chi connectivity index (χ1v) is 1.82. The molecule has 0 heterocycles. The maximum atomic E-state index is 2.12. The predicted octanol–water partition coefficient (Wildman–Crippen LogP) is 2.40. The molecule has 0 radical (unpaired) electrons. The van der Waals surface area contributed by atoms with E-state index < -0.39 is 0 Å². The van der Waals surface area contributed by atoms with Gasteiger partial charge in [-0.25, -0.2) is 0 Å². The van der Waals surface area contributed by atoms with E-state index in [1.54, 1.807) is 0 Å². The summed E-state index contributed by atoms with van der Waals surface area (Å²) in [5.41, 5.74) is 0. The molecule has 0 fully saturated rings. The van der Waals surface area contributed by atoms with Crippen molar-refractivity contribution in [2.75, 3.05) is 0 Å². The van der Waals surface area contributed by atoms with E-state index in [2.05, 4.69) is 24.3 Å². The second kappa shape index (κ2) is 10.2. The van der Waals surface area contributed by atoms with Crippen molar-refractivity contribution in [3.8, 4) is 0 Å². The minimum atomic E-state index is 0. The summed E-state index contributed by atoms with van der Waals surface area (Å²) in [5, 5.41) is 0. The second-order valence-corrected chi connectivity index (χ2v) is 1.09. The summed E-state index contributed by atoms with van der Waals surface area (Å²) in [6.07, 6.45) is 9.50. The fraction of sp³-hybridized carbons (Fsp3) is 0.143. The second-order valence-electron chi connectivity index (χ2n) is 1.09. The van der Waals surface area contributed by atoms with E-state index in [0.717, 1.165) is 6.42 Å². The molecule has 0 N–H and O–H groups in total. The fourth-order valence-corrected chi connectivity index (χ4v) is 0.393. The molecule has 0 nitrogen and oxygen atoms in total. The Labute approximate surface area is 65.4 Å². The van der Waals surface area contributed by atoms with Gasteiger partial charge in [0.1, 0.15) is 0 Å². The molecule has 48 valence electrons. The van der Waals surface area contributed by atoms with Crippen LogP contribution >= 0.6 is 0 Å². The van der Waals surface area contributed by atoms with E-state index in [1.807, 2.05) is 0 Å². The average Bonchev–Trinajstić information content (AvgIpc) is 1.76. The van der Waals surface area contributed by atoms with Crippen molar-refractivity contribution in [3.63, 3.8) is 0 Å². The molecule has 0 spiro atoms. The first kappa shape index (κ1) is 15.7. The Hall–Kier alpha value is 0.103. The van der Waals surface area contributed by atoms with Crippen LogP contribution in [0.4, 0.5) is 0 Å². The Morgan fingerprint density at radius 1 is 0.875 bits per heavy atom. The Morgan fingerprint density at radius 2 is 1.25 bits per heavy atom. The molecule has 0 bridgehead atoms. The predicted molar refractivity (Wildman–Crippen MR) is 35.7 cm³/mol. The average molecular weight is 197 g/mol. The van der Waals surface area contributed by atoms with Crippen molar-refractivity contribution in [3.05, 3.63) is 39.2 Å². The van der Waals surface area contributed by atoms with Gasteiger partial charge < -0.3 is 14.9 Å². The molecular formula is C7H12Ru. The SMILES string of the molecule is C1=CCC=C1.[CH3-].[CH3-].[Ru+2]. The van der Waals surface area contributed by atoms with Crippen LogP contribution in [0.3, 0.4) is 0 Å². The van der Waals surface area contributed by atoms with E-state index in [9.17, 15) is 0 Å². The number of rotatable bonds is 0. The quantitative estimate of drug-likeness (QED) is 0.413. The molecular weight excluding hydrogens is 185 g/mol. The summed E-state index contributed by atoms with van der Waals surface area (Å²) >= 11 is 0. The molecule has 0 atom stereocenters. The van der Waals surface area contributed by atoms with E-state index in [-0.39, 0.29) is 34.3 Å². The molecule has 1 aliphatic carbocycles. The van der Waals surface area contributed by atoms with Gasteiger partial charge in [0.25, 0.3) is 0 Å². The van der Waals surface area contributed by atoms with Crippen molar-refractivity contribution < 1.29 is 19.5 Å². The smallest absolute Gasteiger partial charge is 0.358 e. The molecule has 1 heteroatoms. The first-order chi connectivity index (χ1) is 2.50. The zero-order valence-corrected chi connectivity index (χ0v) is 7.11. The first-order valence-electron chi connectivity index (χ1n) is 1.82. The van der Waals surface area contributed by atoms with Crippen molar-refractivity contribution in [1.29, 1.82) is 0 Å². The summed E-state index contributed by atoms with van der Waals surface area (Å²) in [5.74, 6) is 0. The molecule has 1 rings (SSSR count). The maximum absolute atomic E-state index is 2.12. The molecule has 0 aromatic rings. The summed E-state index contributed by atoms with van der Waals surface area (Å²) < 4.78 is 0. The van der Waals surface area contributed by atoms with Crippen molar-refractivity contribution in [2.45, 2.75) is 6.42 Å². The molecule has 0 saturated carbocycles. The van der Waals surface area contributed by atoms with Crippen LogP contribution < -0.4 is 0 Å².